The fourth-order valence-corrected chi connectivity index (χ4v) is 12.8. The molecule has 0 saturated heterocycles. The smallest absolute Gasteiger partial charge is 0.0541 e. The van der Waals surface area contributed by atoms with E-state index in [1.807, 2.05) is 0 Å². The Labute approximate surface area is 445 Å². The standard InChI is InChI=1S/C74H47N3/c1-2-16-50(17-3-1)73-61-22-4-6-24-63(61)74(64-25-7-5-23-62(64)73)51-34-42-56(43-35-51)77-71-44-36-52(48-30-38-54(39-31-48)75-67-26-12-8-18-57(67)58-19-9-13-27-68(58)75)46-65(71)66-47-53(37-45-72(66)77)49-32-40-55(41-33-49)76-69-28-14-10-20-59(69)60-21-11-15-29-70(60)76/h1-47H. The number of para-hydroxylation sites is 4. The second-order valence-electron chi connectivity index (χ2n) is 20.4. The molecule has 0 aliphatic carbocycles. The molecule has 0 saturated carbocycles. The lowest BCUT2D eigenvalue weighted by atomic mass is 9.86. The molecule has 0 unspecified atom stereocenters. The first kappa shape index (κ1) is 43.2. The van der Waals surface area contributed by atoms with Gasteiger partial charge in [0, 0.05) is 49.4 Å². The highest BCUT2D eigenvalue weighted by molar-refractivity contribution is 6.21. The summed E-state index contributed by atoms with van der Waals surface area (Å²) >= 11 is 0. The minimum atomic E-state index is 1.12. The van der Waals surface area contributed by atoms with Crippen molar-refractivity contribution in [3.8, 4) is 61.6 Å². The van der Waals surface area contributed by atoms with E-state index in [2.05, 4.69) is 299 Å². The van der Waals surface area contributed by atoms with Gasteiger partial charge in [0.25, 0.3) is 0 Å². The minimum absolute atomic E-state index is 1.12. The zero-order chi connectivity index (χ0) is 50.6. The van der Waals surface area contributed by atoms with Crippen molar-refractivity contribution in [2.24, 2.45) is 0 Å². The van der Waals surface area contributed by atoms with Crippen LogP contribution in [0.1, 0.15) is 0 Å². The Morgan fingerprint density at radius 1 is 0.156 bits per heavy atom. The molecule has 3 aromatic heterocycles. The first-order valence-electron chi connectivity index (χ1n) is 26.6. The van der Waals surface area contributed by atoms with E-state index in [0.29, 0.717) is 0 Å². The highest BCUT2D eigenvalue weighted by Crippen LogP contribution is 2.45. The fourth-order valence-electron chi connectivity index (χ4n) is 12.8. The zero-order valence-electron chi connectivity index (χ0n) is 42.0. The van der Waals surface area contributed by atoms with Crippen molar-refractivity contribution < 1.29 is 0 Å². The van der Waals surface area contributed by atoms with Crippen LogP contribution in [0.25, 0.3) is 149 Å². The molecule has 0 spiro atoms. The molecule has 358 valence electrons. The maximum atomic E-state index is 2.45. The summed E-state index contributed by atoms with van der Waals surface area (Å²) in [6.07, 6.45) is 0. The van der Waals surface area contributed by atoms with Crippen LogP contribution in [0.2, 0.25) is 0 Å². The van der Waals surface area contributed by atoms with Crippen LogP contribution in [0.3, 0.4) is 0 Å². The summed E-state index contributed by atoms with van der Waals surface area (Å²) in [5.41, 5.74) is 20.3. The lowest BCUT2D eigenvalue weighted by Gasteiger charge is -2.18. The normalized spacial score (nSPS) is 11.9. The fraction of sp³-hybridized carbons (Fsp3) is 0. The lowest BCUT2D eigenvalue weighted by molar-refractivity contribution is 1.18. The van der Waals surface area contributed by atoms with Crippen LogP contribution in [-0.4, -0.2) is 13.7 Å². The largest absolute Gasteiger partial charge is 0.309 e. The van der Waals surface area contributed by atoms with Crippen LogP contribution >= 0.6 is 0 Å². The molecular weight excluding hydrogens is 931 g/mol. The Morgan fingerprint density at radius 2 is 0.403 bits per heavy atom. The third kappa shape index (κ3) is 6.70. The van der Waals surface area contributed by atoms with E-state index in [1.54, 1.807) is 0 Å². The van der Waals surface area contributed by atoms with E-state index < -0.39 is 0 Å². The van der Waals surface area contributed by atoms with Crippen molar-refractivity contribution in [2.75, 3.05) is 0 Å². The average molecular weight is 978 g/mol. The number of nitrogens with zero attached hydrogens (tertiary/aromatic N) is 3. The van der Waals surface area contributed by atoms with E-state index in [9.17, 15) is 0 Å². The number of rotatable bonds is 7. The van der Waals surface area contributed by atoms with Crippen molar-refractivity contribution in [3.63, 3.8) is 0 Å². The number of hydrogen-bond acceptors (Lipinski definition) is 0. The van der Waals surface area contributed by atoms with Gasteiger partial charge < -0.3 is 13.7 Å². The van der Waals surface area contributed by atoms with Gasteiger partial charge in [-0.3, -0.25) is 0 Å². The third-order valence-electron chi connectivity index (χ3n) is 16.3. The summed E-state index contributed by atoms with van der Waals surface area (Å²) < 4.78 is 7.23. The van der Waals surface area contributed by atoms with Crippen molar-refractivity contribution in [1.29, 1.82) is 0 Å². The van der Waals surface area contributed by atoms with Crippen molar-refractivity contribution >= 4 is 87.0 Å². The van der Waals surface area contributed by atoms with E-state index in [1.165, 1.54) is 131 Å². The van der Waals surface area contributed by atoms with Crippen LogP contribution in [0.5, 0.6) is 0 Å². The minimum Gasteiger partial charge on any atom is -0.309 e. The first-order chi connectivity index (χ1) is 38.2. The summed E-state index contributed by atoms with van der Waals surface area (Å²) in [6.45, 7) is 0. The molecule has 0 amide bonds. The van der Waals surface area contributed by atoms with Gasteiger partial charge in [-0.2, -0.15) is 0 Å². The molecule has 3 heteroatoms. The number of fused-ring (bicyclic) bond motifs is 11. The SMILES string of the molecule is c1ccc(-c2c3ccccc3c(-c3ccc(-n4c5ccc(-c6ccc(-n7c8ccccc8c8ccccc87)cc6)cc5c5cc(-c6ccc(-n7c8ccccc8c8ccccc87)cc6)ccc54)cc3)c3ccccc23)cc1. The maximum absolute atomic E-state index is 2.45. The number of aromatic nitrogens is 3. The highest BCUT2D eigenvalue weighted by atomic mass is 15.0. The Morgan fingerprint density at radius 3 is 0.740 bits per heavy atom. The summed E-state index contributed by atoms with van der Waals surface area (Å²) in [5, 5.41) is 12.5. The predicted molar refractivity (Wildman–Crippen MR) is 326 cm³/mol. The molecule has 0 N–H and O–H groups in total. The number of hydrogen-bond donors (Lipinski definition) is 0. The third-order valence-corrected chi connectivity index (χ3v) is 16.3. The van der Waals surface area contributed by atoms with Gasteiger partial charge in [-0.15, -0.1) is 0 Å². The Bertz CT molecular complexity index is 4620. The number of benzene rings is 13. The van der Waals surface area contributed by atoms with E-state index in [-0.39, 0.29) is 0 Å². The summed E-state index contributed by atoms with van der Waals surface area (Å²) in [6, 6.07) is 105. The van der Waals surface area contributed by atoms with E-state index in [0.717, 1.165) is 17.1 Å². The molecular formula is C74H47N3. The van der Waals surface area contributed by atoms with Gasteiger partial charge in [-0.05, 0) is 151 Å². The van der Waals surface area contributed by atoms with Crippen molar-refractivity contribution in [3.05, 3.63) is 285 Å². The van der Waals surface area contributed by atoms with Gasteiger partial charge in [0.05, 0.1) is 33.1 Å². The second-order valence-corrected chi connectivity index (χ2v) is 20.4. The van der Waals surface area contributed by atoms with Gasteiger partial charge >= 0.3 is 0 Å². The monoisotopic (exact) mass is 977 g/mol. The van der Waals surface area contributed by atoms with E-state index in [4.69, 9.17) is 0 Å². The summed E-state index contributed by atoms with van der Waals surface area (Å²) in [7, 11) is 0. The molecule has 13 aromatic carbocycles. The molecule has 3 heterocycles. The molecule has 16 rings (SSSR count). The van der Waals surface area contributed by atoms with Crippen LogP contribution in [0, 0.1) is 0 Å². The molecule has 0 aliphatic rings. The molecule has 0 radical (unpaired) electrons. The van der Waals surface area contributed by atoms with E-state index >= 15 is 0 Å². The van der Waals surface area contributed by atoms with Gasteiger partial charge in [-0.1, -0.05) is 200 Å². The van der Waals surface area contributed by atoms with Crippen molar-refractivity contribution in [2.45, 2.75) is 0 Å². The average Bonchev–Trinajstić information content (AvgIpc) is 4.21. The van der Waals surface area contributed by atoms with Crippen molar-refractivity contribution in [1.82, 2.24) is 13.7 Å². The highest BCUT2D eigenvalue weighted by Gasteiger charge is 2.20. The Balaban J connectivity index is 0.837. The topological polar surface area (TPSA) is 14.8 Å². The van der Waals surface area contributed by atoms with Crippen LogP contribution in [0.15, 0.2) is 285 Å². The van der Waals surface area contributed by atoms with Crippen LogP contribution < -0.4 is 0 Å². The first-order valence-corrected chi connectivity index (χ1v) is 26.6. The van der Waals surface area contributed by atoms with Gasteiger partial charge in [-0.25, -0.2) is 0 Å². The molecule has 3 nitrogen and oxygen atoms in total. The summed E-state index contributed by atoms with van der Waals surface area (Å²) in [5.74, 6) is 0. The maximum Gasteiger partial charge on any atom is 0.0541 e. The molecule has 77 heavy (non-hydrogen) atoms. The van der Waals surface area contributed by atoms with Gasteiger partial charge in [0.1, 0.15) is 0 Å². The van der Waals surface area contributed by atoms with Gasteiger partial charge in [0.2, 0.25) is 0 Å². The molecule has 0 fully saturated rings. The molecule has 0 atom stereocenters. The Hall–Kier alpha value is -10.2. The molecule has 0 bridgehead atoms. The quantitative estimate of drug-likeness (QED) is 0.141. The predicted octanol–water partition coefficient (Wildman–Crippen LogP) is 20.0. The zero-order valence-corrected chi connectivity index (χ0v) is 42.0. The lowest BCUT2D eigenvalue weighted by Crippen LogP contribution is -1.95. The van der Waals surface area contributed by atoms with Crippen LogP contribution in [-0.2, 0) is 0 Å². The second kappa shape index (κ2) is 17.2. The van der Waals surface area contributed by atoms with Crippen LogP contribution in [0.4, 0.5) is 0 Å². The molecule has 16 aromatic rings. The molecule has 0 aliphatic heterocycles. The van der Waals surface area contributed by atoms with Gasteiger partial charge in [0.15, 0.2) is 0 Å². The Kier molecular flexibility index (Phi) is 9.64. The summed E-state index contributed by atoms with van der Waals surface area (Å²) in [4.78, 5) is 0.